The van der Waals surface area contributed by atoms with Crippen LogP contribution in [-0.2, 0) is 0 Å². The maximum atomic E-state index is 12.3. The number of esters is 1. The average Bonchev–Trinajstić information content (AvgIpc) is 2.73. The number of rotatable bonds is 5. The SMILES string of the molecule is COc1cc(/C=C(/C#N)c2cccc(Cl)c2)ccc1OC(=O)c1ccccc1. The summed E-state index contributed by atoms with van der Waals surface area (Å²) in [5.74, 6) is 0.218. The summed E-state index contributed by atoms with van der Waals surface area (Å²) < 4.78 is 10.8. The number of carbonyl (C=O) groups is 1. The molecule has 28 heavy (non-hydrogen) atoms. The minimum atomic E-state index is -0.473. The summed E-state index contributed by atoms with van der Waals surface area (Å²) in [6.07, 6.45) is 1.72. The third-order valence-corrected chi connectivity index (χ3v) is 4.20. The monoisotopic (exact) mass is 389 g/mol. The maximum absolute atomic E-state index is 12.3. The first-order valence-corrected chi connectivity index (χ1v) is 8.81. The number of carbonyl (C=O) groups excluding carboxylic acids is 1. The summed E-state index contributed by atoms with van der Waals surface area (Å²) in [4.78, 5) is 12.3. The molecular weight excluding hydrogens is 374 g/mol. The van der Waals surface area contributed by atoms with Gasteiger partial charge in [-0.1, -0.05) is 48.0 Å². The Balaban J connectivity index is 1.88. The van der Waals surface area contributed by atoms with Crippen molar-refractivity contribution in [3.63, 3.8) is 0 Å². The van der Waals surface area contributed by atoms with E-state index in [4.69, 9.17) is 21.1 Å². The van der Waals surface area contributed by atoms with Gasteiger partial charge in [-0.25, -0.2) is 4.79 Å². The van der Waals surface area contributed by atoms with Crippen molar-refractivity contribution in [2.45, 2.75) is 0 Å². The van der Waals surface area contributed by atoms with Crippen molar-refractivity contribution < 1.29 is 14.3 Å². The zero-order valence-electron chi connectivity index (χ0n) is 15.1. The Bertz CT molecular complexity index is 1070. The molecule has 3 aromatic rings. The fraction of sp³-hybridized carbons (Fsp3) is 0.0435. The highest BCUT2D eigenvalue weighted by molar-refractivity contribution is 6.30. The summed E-state index contributed by atoms with van der Waals surface area (Å²) in [7, 11) is 1.49. The molecule has 0 heterocycles. The third-order valence-electron chi connectivity index (χ3n) is 3.97. The summed E-state index contributed by atoms with van der Waals surface area (Å²) in [5, 5.41) is 10.1. The second-order valence-corrected chi connectivity index (χ2v) is 6.28. The highest BCUT2D eigenvalue weighted by atomic mass is 35.5. The molecule has 0 atom stereocenters. The standard InChI is InChI=1S/C23H16ClNO3/c1-27-22-13-16(12-19(15-25)18-8-5-9-20(24)14-18)10-11-21(22)28-23(26)17-6-3-2-4-7-17/h2-14H,1H3/b19-12-. The molecule has 0 N–H and O–H groups in total. The van der Waals surface area contributed by atoms with Gasteiger partial charge in [-0.2, -0.15) is 5.26 Å². The van der Waals surface area contributed by atoms with Gasteiger partial charge in [0.05, 0.1) is 24.3 Å². The number of hydrogen-bond acceptors (Lipinski definition) is 4. The van der Waals surface area contributed by atoms with E-state index >= 15 is 0 Å². The van der Waals surface area contributed by atoms with Crippen molar-refractivity contribution in [3.05, 3.63) is 94.5 Å². The van der Waals surface area contributed by atoms with Gasteiger partial charge >= 0.3 is 5.97 Å². The topological polar surface area (TPSA) is 59.3 Å². The minimum absolute atomic E-state index is 0.301. The lowest BCUT2D eigenvalue weighted by atomic mass is 10.0. The number of methoxy groups -OCH3 is 1. The molecule has 0 aromatic heterocycles. The first kappa shape index (κ1) is 19.2. The van der Waals surface area contributed by atoms with Crippen LogP contribution in [0.4, 0.5) is 0 Å². The van der Waals surface area contributed by atoms with E-state index in [-0.39, 0.29) is 0 Å². The van der Waals surface area contributed by atoms with Crippen LogP contribution >= 0.6 is 11.6 Å². The van der Waals surface area contributed by atoms with Crippen molar-refractivity contribution in [3.8, 4) is 17.6 Å². The van der Waals surface area contributed by atoms with Crippen LogP contribution in [0.25, 0.3) is 11.6 Å². The Labute approximate surface area is 168 Å². The predicted molar refractivity (Wildman–Crippen MR) is 109 cm³/mol. The van der Waals surface area contributed by atoms with Crippen LogP contribution in [0.15, 0.2) is 72.8 Å². The van der Waals surface area contributed by atoms with E-state index in [1.165, 1.54) is 7.11 Å². The smallest absolute Gasteiger partial charge is 0.343 e. The number of nitrogens with zero attached hydrogens (tertiary/aromatic N) is 1. The van der Waals surface area contributed by atoms with E-state index in [9.17, 15) is 10.1 Å². The highest BCUT2D eigenvalue weighted by Gasteiger charge is 2.13. The Hall–Kier alpha value is -3.55. The summed E-state index contributed by atoms with van der Waals surface area (Å²) >= 11 is 6.01. The van der Waals surface area contributed by atoms with Gasteiger partial charge in [0.1, 0.15) is 0 Å². The van der Waals surface area contributed by atoms with Crippen molar-refractivity contribution in [2.24, 2.45) is 0 Å². The molecule has 0 fully saturated rings. The van der Waals surface area contributed by atoms with Crippen molar-refractivity contribution in [1.29, 1.82) is 5.26 Å². The van der Waals surface area contributed by atoms with Gasteiger partial charge in [0.15, 0.2) is 11.5 Å². The first-order chi connectivity index (χ1) is 13.6. The molecule has 3 rings (SSSR count). The molecule has 0 radical (unpaired) electrons. The predicted octanol–water partition coefficient (Wildman–Crippen LogP) is 5.63. The lowest BCUT2D eigenvalue weighted by Gasteiger charge is -2.10. The van der Waals surface area contributed by atoms with Crippen LogP contribution < -0.4 is 9.47 Å². The Morgan fingerprint density at radius 3 is 2.39 bits per heavy atom. The molecule has 4 nitrogen and oxygen atoms in total. The number of benzene rings is 3. The third kappa shape index (κ3) is 4.59. The second kappa shape index (κ2) is 8.90. The number of ether oxygens (including phenoxy) is 2. The number of hydrogen-bond donors (Lipinski definition) is 0. The average molecular weight is 390 g/mol. The summed E-state index contributed by atoms with van der Waals surface area (Å²) in [5.41, 5.74) is 2.35. The fourth-order valence-electron chi connectivity index (χ4n) is 2.59. The second-order valence-electron chi connectivity index (χ2n) is 5.85. The van der Waals surface area contributed by atoms with Gasteiger partial charge in [-0.05, 0) is 53.6 Å². The van der Waals surface area contributed by atoms with Gasteiger partial charge in [-0.15, -0.1) is 0 Å². The van der Waals surface area contributed by atoms with Crippen LogP contribution in [0.5, 0.6) is 11.5 Å². The fourth-order valence-corrected chi connectivity index (χ4v) is 2.78. The van der Waals surface area contributed by atoms with E-state index < -0.39 is 5.97 Å². The Kier molecular flexibility index (Phi) is 6.11. The number of nitriles is 1. The molecule has 0 aliphatic heterocycles. The molecule has 138 valence electrons. The van der Waals surface area contributed by atoms with Gasteiger partial charge in [-0.3, -0.25) is 0 Å². The van der Waals surface area contributed by atoms with Crippen LogP contribution in [0.1, 0.15) is 21.5 Å². The quantitative estimate of drug-likeness (QED) is 0.245. The zero-order valence-corrected chi connectivity index (χ0v) is 15.8. The Morgan fingerprint density at radius 2 is 1.71 bits per heavy atom. The molecule has 0 saturated heterocycles. The van der Waals surface area contributed by atoms with Gasteiger partial charge in [0, 0.05) is 5.02 Å². The van der Waals surface area contributed by atoms with Crippen LogP contribution in [0.2, 0.25) is 5.02 Å². The van der Waals surface area contributed by atoms with E-state index in [2.05, 4.69) is 6.07 Å². The largest absolute Gasteiger partial charge is 0.493 e. The van der Waals surface area contributed by atoms with Crippen molar-refractivity contribution in [2.75, 3.05) is 7.11 Å². The van der Waals surface area contributed by atoms with Crippen molar-refractivity contribution >= 4 is 29.2 Å². The zero-order chi connectivity index (χ0) is 19.9. The van der Waals surface area contributed by atoms with E-state index in [0.717, 1.165) is 5.56 Å². The molecule has 0 spiro atoms. The highest BCUT2D eigenvalue weighted by Crippen LogP contribution is 2.30. The molecule has 0 unspecified atom stereocenters. The summed E-state index contributed by atoms with van der Waals surface area (Å²) in [6, 6.07) is 23.0. The summed E-state index contributed by atoms with van der Waals surface area (Å²) in [6.45, 7) is 0. The number of halogens is 1. The normalized spacial score (nSPS) is 10.8. The molecule has 5 heteroatoms. The molecule has 0 aliphatic rings. The van der Waals surface area contributed by atoms with E-state index in [1.807, 2.05) is 12.1 Å². The molecule has 0 amide bonds. The Morgan fingerprint density at radius 1 is 0.964 bits per heavy atom. The van der Waals surface area contributed by atoms with Crippen LogP contribution in [0.3, 0.4) is 0 Å². The van der Waals surface area contributed by atoms with Gasteiger partial charge < -0.3 is 9.47 Å². The number of allylic oxidation sites excluding steroid dienone is 1. The molecule has 0 bridgehead atoms. The minimum Gasteiger partial charge on any atom is -0.493 e. The van der Waals surface area contributed by atoms with Gasteiger partial charge in [0.2, 0.25) is 0 Å². The van der Waals surface area contributed by atoms with Crippen LogP contribution in [0, 0.1) is 11.3 Å². The van der Waals surface area contributed by atoms with Crippen LogP contribution in [-0.4, -0.2) is 13.1 Å². The molecular formula is C23H16ClNO3. The maximum Gasteiger partial charge on any atom is 0.343 e. The lowest BCUT2D eigenvalue weighted by Crippen LogP contribution is -2.09. The van der Waals surface area contributed by atoms with E-state index in [1.54, 1.807) is 66.7 Å². The van der Waals surface area contributed by atoms with Crippen molar-refractivity contribution in [1.82, 2.24) is 0 Å². The molecule has 0 aliphatic carbocycles. The molecule has 3 aromatic carbocycles. The molecule has 0 saturated carbocycles. The first-order valence-electron chi connectivity index (χ1n) is 8.43. The van der Waals surface area contributed by atoms with E-state index in [0.29, 0.717) is 33.2 Å². The van der Waals surface area contributed by atoms with Gasteiger partial charge in [0.25, 0.3) is 0 Å². The lowest BCUT2D eigenvalue weighted by molar-refractivity contribution is 0.0729.